The Morgan fingerprint density at radius 3 is 2.74 bits per heavy atom. The molecule has 2 aromatic rings. The quantitative estimate of drug-likeness (QED) is 0.775. The summed E-state index contributed by atoms with van der Waals surface area (Å²) < 4.78 is 1.76. The van der Waals surface area contributed by atoms with E-state index >= 15 is 0 Å². The molecule has 2 aromatic heterocycles. The van der Waals surface area contributed by atoms with E-state index in [0.29, 0.717) is 17.5 Å². The Morgan fingerprint density at radius 2 is 2.00 bits per heavy atom. The number of thioether (sulfide) groups is 1. The lowest BCUT2D eigenvalue weighted by Gasteiger charge is -2.24. The molecular formula is C15H21N5OS2. The molecular weight excluding hydrogens is 330 g/mol. The Morgan fingerprint density at radius 1 is 1.22 bits per heavy atom. The van der Waals surface area contributed by atoms with Crippen molar-refractivity contribution in [2.24, 2.45) is 0 Å². The van der Waals surface area contributed by atoms with Crippen LogP contribution in [0.25, 0.3) is 0 Å². The van der Waals surface area contributed by atoms with Crippen LogP contribution in [0.2, 0.25) is 0 Å². The number of aromatic nitrogens is 4. The van der Waals surface area contributed by atoms with Gasteiger partial charge in [-0.1, -0.05) is 37.1 Å². The van der Waals surface area contributed by atoms with Crippen LogP contribution >= 0.6 is 23.1 Å². The van der Waals surface area contributed by atoms with Gasteiger partial charge in [-0.3, -0.25) is 4.79 Å². The van der Waals surface area contributed by atoms with Crippen LogP contribution in [0.5, 0.6) is 0 Å². The fraction of sp³-hybridized carbons (Fsp3) is 0.600. The molecule has 6 nitrogen and oxygen atoms in total. The molecule has 1 saturated heterocycles. The molecule has 0 N–H and O–H groups in total. The van der Waals surface area contributed by atoms with E-state index in [1.807, 2.05) is 16.3 Å². The number of carbonyl (C=O) groups is 1. The molecule has 23 heavy (non-hydrogen) atoms. The molecule has 0 spiro atoms. The number of amides is 1. The molecule has 124 valence electrons. The Labute approximate surface area is 144 Å². The lowest BCUT2D eigenvalue weighted by molar-refractivity contribution is -0.128. The Hall–Kier alpha value is -1.41. The fourth-order valence-electron chi connectivity index (χ4n) is 2.66. The fourth-order valence-corrected chi connectivity index (χ4v) is 4.13. The monoisotopic (exact) mass is 351 g/mol. The highest BCUT2D eigenvalue weighted by atomic mass is 32.2. The third-order valence-corrected chi connectivity index (χ3v) is 5.72. The van der Waals surface area contributed by atoms with Gasteiger partial charge < -0.3 is 4.90 Å². The van der Waals surface area contributed by atoms with E-state index in [2.05, 4.69) is 21.6 Å². The van der Waals surface area contributed by atoms with Gasteiger partial charge in [-0.25, -0.2) is 4.68 Å². The van der Waals surface area contributed by atoms with Gasteiger partial charge in [0.05, 0.1) is 12.3 Å². The minimum Gasteiger partial charge on any atom is -0.342 e. The normalized spacial score (nSPS) is 16.1. The molecule has 0 saturated carbocycles. The largest absolute Gasteiger partial charge is 0.342 e. The molecule has 3 rings (SSSR count). The Balaban J connectivity index is 1.53. The molecule has 0 radical (unpaired) electrons. The summed E-state index contributed by atoms with van der Waals surface area (Å²) in [5, 5.41) is 14.6. The highest BCUT2D eigenvalue weighted by Gasteiger charge is 2.17. The van der Waals surface area contributed by atoms with E-state index in [1.165, 1.54) is 35.9 Å². The summed E-state index contributed by atoms with van der Waals surface area (Å²) in [6, 6.07) is 4.08. The first kappa shape index (κ1) is 16.4. The standard InChI is InChI=1S/C15H21N5OS2/c21-14(19-8-4-2-1-3-5-9-19)12-23-15-16-17-18-20(15)11-13-7-6-10-22-13/h6-7,10H,1-5,8-9,11-12H2. The summed E-state index contributed by atoms with van der Waals surface area (Å²) in [5.41, 5.74) is 0. The molecule has 0 atom stereocenters. The molecule has 0 bridgehead atoms. The van der Waals surface area contributed by atoms with Crippen molar-refractivity contribution < 1.29 is 4.79 Å². The lowest BCUT2D eigenvalue weighted by Crippen LogP contribution is -2.35. The molecule has 1 aliphatic heterocycles. The van der Waals surface area contributed by atoms with E-state index < -0.39 is 0 Å². The number of tetrazole rings is 1. The predicted molar refractivity (Wildman–Crippen MR) is 91.6 cm³/mol. The van der Waals surface area contributed by atoms with Crippen LogP contribution in [0.1, 0.15) is 37.0 Å². The third kappa shape index (κ3) is 4.78. The second-order valence-corrected chi connectivity index (χ2v) is 7.61. The topological polar surface area (TPSA) is 63.9 Å². The summed E-state index contributed by atoms with van der Waals surface area (Å²) in [4.78, 5) is 15.6. The van der Waals surface area contributed by atoms with E-state index in [4.69, 9.17) is 0 Å². The number of nitrogens with zero attached hydrogens (tertiary/aromatic N) is 5. The zero-order valence-electron chi connectivity index (χ0n) is 13.1. The highest BCUT2D eigenvalue weighted by molar-refractivity contribution is 7.99. The minimum absolute atomic E-state index is 0.197. The van der Waals surface area contributed by atoms with Crippen molar-refractivity contribution in [3.8, 4) is 0 Å². The zero-order chi connectivity index (χ0) is 15.9. The smallest absolute Gasteiger partial charge is 0.233 e. The average molecular weight is 352 g/mol. The van der Waals surface area contributed by atoms with Crippen LogP contribution in [-0.2, 0) is 11.3 Å². The molecule has 0 aliphatic carbocycles. The summed E-state index contributed by atoms with van der Waals surface area (Å²) in [5.74, 6) is 0.604. The molecule has 1 fully saturated rings. The van der Waals surface area contributed by atoms with Gasteiger partial charge in [0, 0.05) is 18.0 Å². The van der Waals surface area contributed by atoms with Gasteiger partial charge in [-0.2, -0.15) is 0 Å². The van der Waals surface area contributed by atoms with Crippen molar-refractivity contribution in [2.75, 3.05) is 18.8 Å². The van der Waals surface area contributed by atoms with Gasteiger partial charge in [0.25, 0.3) is 0 Å². The zero-order valence-corrected chi connectivity index (χ0v) is 14.7. The van der Waals surface area contributed by atoms with Gasteiger partial charge in [0.15, 0.2) is 0 Å². The molecule has 0 unspecified atom stereocenters. The van der Waals surface area contributed by atoms with Crippen LogP contribution in [0.4, 0.5) is 0 Å². The lowest BCUT2D eigenvalue weighted by atomic mass is 10.1. The van der Waals surface area contributed by atoms with Crippen molar-refractivity contribution in [1.29, 1.82) is 0 Å². The summed E-state index contributed by atoms with van der Waals surface area (Å²) in [6.07, 6.45) is 6.00. The third-order valence-electron chi connectivity index (χ3n) is 3.92. The van der Waals surface area contributed by atoms with Crippen LogP contribution in [-0.4, -0.2) is 49.9 Å². The number of carbonyl (C=O) groups excluding carboxylic acids is 1. The average Bonchev–Trinajstić information content (AvgIpc) is 3.17. The number of thiophene rings is 1. The minimum atomic E-state index is 0.197. The van der Waals surface area contributed by atoms with Gasteiger partial charge >= 0.3 is 0 Å². The van der Waals surface area contributed by atoms with Crippen molar-refractivity contribution in [3.05, 3.63) is 22.4 Å². The van der Waals surface area contributed by atoms with Crippen molar-refractivity contribution in [1.82, 2.24) is 25.1 Å². The van der Waals surface area contributed by atoms with Crippen LogP contribution < -0.4 is 0 Å². The van der Waals surface area contributed by atoms with E-state index in [0.717, 1.165) is 25.9 Å². The number of rotatable bonds is 5. The second kappa shape index (κ2) is 8.44. The van der Waals surface area contributed by atoms with Gasteiger partial charge in [0.2, 0.25) is 11.1 Å². The molecule has 1 aliphatic rings. The molecule has 0 aromatic carbocycles. The number of hydrogen-bond acceptors (Lipinski definition) is 6. The van der Waals surface area contributed by atoms with E-state index in [-0.39, 0.29) is 5.91 Å². The first-order valence-electron chi connectivity index (χ1n) is 8.02. The van der Waals surface area contributed by atoms with Crippen molar-refractivity contribution in [3.63, 3.8) is 0 Å². The highest BCUT2D eigenvalue weighted by Crippen LogP contribution is 2.18. The predicted octanol–water partition coefficient (Wildman–Crippen LogP) is 2.67. The number of likely N-dealkylation sites (tertiary alicyclic amines) is 1. The Bertz CT molecular complexity index is 605. The maximum atomic E-state index is 12.4. The maximum Gasteiger partial charge on any atom is 0.233 e. The van der Waals surface area contributed by atoms with Crippen LogP contribution in [0.3, 0.4) is 0 Å². The maximum absolute atomic E-state index is 12.4. The van der Waals surface area contributed by atoms with Crippen molar-refractivity contribution in [2.45, 2.75) is 43.8 Å². The van der Waals surface area contributed by atoms with Crippen LogP contribution in [0, 0.1) is 0 Å². The Kier molecular flexibility index (Phi) is 6.04. The van der Waals surface area contributed by atoms with Gasteiger partial charge in [-0.05, 0) is 34.7 Å². The summed E-state index contributed by atoms with van der Waals surface area (Å²) >= 11 is 3.11. The second-order valence-electron chi connectivity index (χ2n) is 5.64. The van der Waals surface area contributed by atoms with Gasteiger partial charge in [-0.15, -0.1) is 16.4 Å². The first-order valence-corrected chi connectivity index (χ1v) is 9.88. The van der Waals surface area contributed by atoms with E-state index in [1.54, 1.807) is 16.0 Å². The van der Waals surface area contributed by atoms with Crippen LogP contribution in [0.15, 0.2) is 22.7 Å². The van der Waals surface area contributed by atoms with Gasteiger partial charge in [0.1, 0.15) is 0 Å². The first-order chi connectivity index (χ1) is 11.3. The number of hydrogen-bond donors (Lipinski definition) is 0. The SMILES string of the molecule is O=C(CSc1nnnn1Cc1cccs1)N1CCCCCCC1. The van der Waals surface area contributed by atoms with E-state index in [9.17, 15) is 4.79 Å². The summed E-state index contributed by atoms with van der Waals surface area (Å²) in [7, 11) is 0. The molecule has 1 amide bonds. The summed E-state index contributed by atoms with van der Waals surface area (Å²) in [6.45, 7) is 2.43. The van der Waals surface area contributed by atoms with Crippen molar-refractivity contribution >= 4 is 29.0 Å². The molecule has 8 heteroatoms. The molecule has 3 heterocycles.